The molecule has 0 radical (unpaired) electrons. The summed E-state index contributed by atoms with van der Waals surface area (Å²) in [5.74, 6) is -3.50. The lowest BCUT2D eigenvalue weighted by Gasteiger charge is -2.19. The van der Waals surface area contributed by atoms with Crippen LogP contribution in [-0.4, -0.2) is 24.1 Å². The highest BCUT2D eigenvalue weighted by molar-refractivity contribution is 6.52. The summed E-state index contributed by atoms with van der Waals surface area (Å²) in [6.45, 7) is 3.05. The van der Waals surface area contributed by atoms with Crippen LogP contribution < -0.4 is 10.6 Å². The SMILES string of the molecule is Cc1cc(F)c2c(c1)C(=O)C(=O)N2CC(C)C(N)=O. The average Bonchev–Trinajstić information content (AvgIpc) is 2.54. The van der Waals surface area contributed by atoms with Gasteiger partial charge in [0.15, 0.2) is 0 Å². The van der Waals surface area contributed by atoms with E-state index in [9.17, 15) is 18.8 Å². The number of benzene rings is 1. The molecule has 6 heteroatoms. The number of amides is 2. The largest absolute Gasteiger partial charge is 0.369 e. The Morgan fingerprint density at radius 3 is 2.63 bits per heavy atom. The van der Waals surface area contributed by atoms with E-state index in [1.54, 1.807) is 6.92 Å². The minimum atomic E-state index is -0.826. The Bertz CT molecular complexity index is 598. The molecule has 0 saturated carbocycles. The number of hydrogen-bond donors (Lipinski definition) is 1. The van der Waals surface area contributed by atoms with Gasteiger partial charge in [-0.1, -0.05) is 6.92 Å². The number of primary amides is 1. The highest BCUT2D eigenvalue weighted by atomic mass is 19.1. The third-order valence-electron chi connectivity index (χ3n) is 3.10. The molecule has 2 rings (SSSR count). The lowest BCUT2D eigenvalue weighted by atomic mass is 10.1. The van der Waals surface area contributed by atoms with Gasteiger partial charge in [0.1, 0.15) is 5.82 Å². The standard InChI is InChI=1S/C13H13FN2O3/c1-6-3-8-10(9(14)4-6)16(13(19)11(8)17)5-7(2)12(15)18/h3-4,7H,5H2,1-2H3,(H2,15,18). The van der Waals surface area contributed by atoms with Crippen LogP contribution >= 0.6 is 0 Å². The summed E-state index contributed by atoms with van der Waals surface area (Å²) in [7, 11) is 0. The third-order valence-corrected chi connectivity index (χ3v) is 3.10. The van der Waals surface area contributed by atoms with Gasteiger partial charge < -0.3 is 10.6 Å². The Kier molecular flexibility index (Phi) is 3.09. The Balaban J connectivity index is 2.47. The van der Waals surface area contributed by atoms with Crippen molar-refractivity contribution < 1.29 is 18.8 Å². The topological polar surface area (TPSA) is 80.5 Å². The van der Waals surface area contributed by atoms with Gasteiger partial charge in [-0.15, -0.1) is 0 Å². The van der Waals surface area contributed by atoms with E-state index in [2.05, 4.69) is 0 Å². The summed E-state index contributed by atoms with van der Waals surface area (Å²) in [6, 6.07) is 2.71. The maximum Gasteiger partial charge on any atom is 0.299 e. The Labute approximate surface area is 109 Å². The van der Waals surface area contributed by atoms with Gasteiger partial charge in [-0.3, -0.25) is 14.4 Å². The van der Waals surface area contributed by atoms with Crippen LogP contribution in [0.2, 0.25) is 0 Å². The number of halogens is 1. The zero-order chi connectivity index (χ0) is 14.3. The number of carbonyl (C=O) groups excluding carboxylic acids is 3. The van der Waals surface area contributed by atoms with Crippen molar-refractivity contribution in [3.63, 3.8) is 0 Å². The molecule has 1 aromatic carbocycles. The molecular weight excluding hydrogens is 251 g/mol. The molecule has 0 spiro atoms. The minimum absolute atomic E-state index is 0.0409. The first-order chi connectivity index (χ1) is 8.82. The van der Waals surface area contributed by atoms with Crippen molar-refractivity contribution in [3.8, 4) is 0 Å². The molecule has 100 valence electrons. The molecule has 2 amide bonds. The molecule has 1 heterocycles. The second kappa shape index (κ2) is 4.46. The molecule has 1 unspecified atom stereocenters. The van der Waals surface area contributed by atoms with Gasteiger partial charge >= 0.3 is 0 Å². The Morgan fingerprint density at radius 2 is 2.05 bits per heavy atom. The van der Waals surface area contributed by atoms with Gasteiger partial charge in [0.25, 0.3) is 11.7 Å². The van der Waals surface area contributed by atoms with Crippen molar-refractivity contribution in [1.82, 2.24) is 0 Å². The number of aryl methyl sites for hydroxylation is 1. The van der Waals surface area contributed by atoms with Gasteiger partial charge in [0.05, 0.1) is 17.2 Å². The summed E-state index contributed by atoms with van der Waals surface area (Å²) in [6.07, 6.45) is 0. The lowest BCUT2D eigenvalue weighted by Crippen LogP contribution is -2.38. The summed E-state index contributed by atoms with van der Waals surface area (Å²) in [5, 5.41) is 0. The van der Waals surface area contributed by atoms with Gasteiger partial charge in [0.2, 0.25) is 5.91 Å². The van der Waals surface area contributed by atoms with Crippen molar-refractivity contribution in [1.29, 1.82) is 0 Å². The van der Waals surface area contributed by atoms with Crippen LogP contribution in [0.25, 0.3) is 0 Å². The molecule has 0 aromatic heterocycles. The number of fused-ring (bicyclic) bond motifs is 1. The first-order valence-electron chi connectivity index (χ1n) is 5.78. The fourth-order valence-electron chi connectivity index (χ4n) is 2.06. The number of anilines is 1. The van der Waals surface area contributed by atoms with E-state index in [0.717, 1.165) is 4.90 Å². The summed E-state index contributed by atoms with van der Waals surface area (Å²) in [4.78, 5) is 35.6. The van der Waals surface area contributed by atoms with E-state index in [-0.39, 0.29) is 17.8 Å². The highest BCUT2D eigenvalue weighted by Crippen LogP contribution is 2.33. The molecule has 19 heavy (non-hydrogen) atoms. The van der Waals surface area contributed by atoms with Crippen LogP contribution in [0.3, 0.4) is 0 Å². The predicted molar refractivity (Wildman–Crippen MR) is 66.2 cm³/mol. The number of nitrogens with zero attached hydrogens (tertiary/aromatic N) is 1. The molecule has 1 aliphatic rings. The van der Waals surface area contributed by atoms with Gasteiger partial charge in [0, 0.05) is 6.54 Å². The molecule has 0 bridgehead atoms. The van der Waals surface area contributed by atoms with E-state index in [0.29, 0.717) is 5.56 Å². The zero-order valence-corrected chi connectivity index (χ0v) is 10.6. The van der Waals surface area contributed by atoms with E-state index in [1.807, 2.05) is 0 Å². The molecule has 5 nitrogen and oxygen atoms in total. The zero-order valence-electron chi connectivity index (χ0n) is 10.6. The lowest BCUT2D eigenvalue weighted by molar-refractivity contribution is -0.121. The minimum Gasteiger partial charge on any atom is -0.369 e. The summed E-state index contributed by atoms with van der Waals surface area (Å²) < 4.78 is 13.9. The molecule has 1 atom stereocenters. The number of hydrogen-bond acceptors (Lipinski definition) is 3. The van der Waals surface area contributed by atoms with Gasteiger partial charge in [-0.2, -0.15) is 0 Å². The average molecular weight is 264 g/mol. The summed E-state index contributed by atoms with van der Waals surface area (Å²) >= 11 is 0. The number of nitrogens with two attached hydrogens (primary N) is 1. The Hall–Kier alpha value is -2.24. The van der Waals surface area contributed by atoms with Crippen LogP contribution in [0, 0.1) is 18.7 Å². The van der Waals surface area contributed by atoms with Crippen LogP contribution in [0.4, 0.5) is 10.1 Å². The maximum absolute atomic E-state index is 13.9. The highest BCUT2D eigenvalue weighted by Gasteiger charge is 2.39. The van der Waals surface area contributed by atoms with E-state index in [4.69, 9.17) is 5.73 Å². The third kappa shape index (κ3) is 2.09. The predicted octanol–water partition coefficient (Wildman–Crippen LogP) is 0.785. The van der Waals surface area contributed by atoms with Crippen LogP contribution in [-0.2, 0) is 9.59 Å². The molecule has 0 aliphatic carbocycles. The van der Waals surface area contributed by atoms with E-state index < -0.39 is 29.3 Å². The first-order valence-corrected chi connectivity index (χ1v) is 5.78. The number of Topliss-reactive ketones (excluding diaryl/α,β-unsaturated/α-hetero) is 1. The molecule has 1 aliphatic heterocycles. The van der Waals surface area contributed by atoms with Crippen molar-refractivity contribution >= 4 is 23.3 Å². The van der Waals surface area contributed by atoms with E-state index in [1.165, 1.54) is 19.1 Å². The molecular formula is C13H13FN2O3. The molecule has 1 aromatic rings. The molecule has 0 saturated heterocycles. The quantitative estimate of drug-likeness (QED) is 0.819. The Morgan fingerprint density at radius 1 is 1.42 bits per heavy atom. The molecule has 2 N–H and O–H groups in total. The second-order valence-corrected chi connectivity index (χ2v) is 4.69. The monoisotopic (exact) mass is 264 g/mol. The van der Waals surface area contributed by atoms with Gasteiger partial charge in [-0.25, -0.2) is 4.39 Å². The normalized spacial score (nSPS) is 15.6. The molecule has 0 fully saturated rings. The first kappa shape index (κ1) is 13.2. The van der Waals surface area contributed by atoms with Gasteiger partial charge in [-0.05, 0) is 24.6 Å². The van der Waals surface area contributed by atoms with E-state index >= 15 is 0 Å². The second-order valence-electron chi connectivity index (χ2n) is 4.69. The van der Waals surface area contributed by atoms with Crippen molar-refractivity contribution in [2.45, 2.75) is 13.8 Å². The van der Waals surface area contributed by atoms with Crippen molar-refractivity contribution in [2.75, 3.05) is 11.4 Å². The number of rotatable bonds is 3. The summed E-state index contributed by atoms with van der Waals surface area (Å²) in [5.41, 5.74) is 5.66. The fourth-order valence-corrected chi connectivity index (χ4v) is 2.06. The van der Waals surface area contributed by atoms with Crippen LogP contribution in [0.1, 0.15) is 22.8 Å². The van der Waals surface area contributed by atoms with Crippen molar-refractivity contribution in [2.24, 2.45) is 11.7 Å². The van der Waals surface area contributed by atoms with Crippen LogP contribution in [0.5, 0.6) is 0 Å². The number of carbonyl (C=O) groups is 3. The fraction of sp³-hybridized carbons (Fsp3) is 0.308. The maximum atomic E-state index is 13.9. The smallest absolute Gasteiger partial charge is 0.299 e. The number of ketones is 1. The van der Waals surface area contributed by atoms with Crippen LogP contribution in [0.15, 0.2) is 12.1 Å². The van der Waals surface area contributed by atoms with Crippen molar-refractivity contribution in [3.05, 3.63) is 29.1 Å².